The first-order chi connectivity index (χ1) is 27.0. The number of carbonyl (C=O) groups is 2. The second kappa shape index (κ2) is 13.4. The first-order valence-corrected chi connectivity index (χ1v) is 21.0. The molecule has 5 N–H and O–H groups in total. The summed E-state index contributed by atoms with van der Waals surface area (Å²) >= 11 is 0. The standard InChI is InChI=1S/C44H58O13/c1-23(2)19-32(47)52-29-13-9-10-14-31(46)53-34-24(3)20-30-41(34,50)38(48)40(22-45)36(54-40)33-37-43(51,39(5,49)21-26-15-17-27(29)18-16-26)35-25(4)42(30,33)57-44(55-35,56-37)28-11-7-6-8-12-28/h6-14,23-27,29-30,33-38,45,48-51H,15-22H2,1-5H3/b13-9-,14-10-/t24-,25+,26?,27?,29+,30+,33-,34-,35-,36-,37+,38+,39+,40-,41+,42-,43-,44-/m0/s1. The average molecular weight is 795 g/mol. The molecule has 57 heavy (non-hydrogen) atoms. The molecule has 12 rings (SSSR count). The summed E-state index contributed by atoms with van der Waals surface area (Å²) in [7, 11) is 0. The van der Waals surface area contributed by atoms with Crippen molar-refractivity contribution in [3.8, 4) is 0 Å². The minimum absolute atomic E-state index is 0.00642. The molecule has 0 aromatic heterocycles. The Morgan fingerprint density at radius 2 is 1.65 bits per heavy atom. The molecule has 4 aliphatic carbocycles. The number of esters is 2. The van der Waals surface area contributed by atoms with Crippen LogP contribution in [0.1, 0.15) is 85.1 Å². The van der Waals surface area contributed by atoms with E-state index in [2.05, 4.69) is 0 Å². The fraction of sp³-hybridized carbons (Fsp3) is 0.727. The highest BCUT2D eigenvalue weighted by Crippen LogP contribution is 2.75. The van der Waals surface area contributed by atoms with Crippen molar-refractivity contribution in [1.82, 2.24) is 0 Å². The number of benzene rings is 1. The third-order valence-corrected chi connectivity index (χ3v) is 15.4. The van der Waals surface area contributed by atoms with Crippen molar-refractivity contribution >= 4 is 11.9 Å². The zero-order valence-corrected chi connectivity index (χ0v) is 33.4. The van der Waals surface area contributed by atoms with Crippen LogP contribution in [0.2, 0.25) is 0 Å². The van der Waals surface area contributed by atoms with E-state index in [1.807, 2.05) is 45.9 Å². The Balaban J connectivity index is 1.20. The molecule has 7 aliphatic heterocycles. The molecular formula is C44H58O13. The van der Waals surface area contributed by atoms with E-state index in [1.165, 1.54) is 12.2 Å². The second-order valence-electron chi connectivity index (χ2n) is 19.2. The Labute approximate surface area is 333 Å². The number of epoxide rings is 1. The molecule has 0 amide bonds. The van der Waals surface area contributed by atoms with Gasteiger partial charge in [-0.15, -0.1) is 0 Å². The van der Waals surface area contributed by atoms with E-state index >= 15 is 0 Å². The Morgan fingerprint density at radius 3 is 2.33 bits per heavy atom. The quantitative estimate of drug-likeness (QED) is 0.216. The minimum Gasteiger partial charge on any atom is -0.458 e. The van der Waals surface area contributed by atoms with Gasteiger partial charge in [0.1, 0.15) is 53.4 Å². The van der Waals surface area contributed by atoms with Crippen LogP contribution in [0.25, 0.3) is 0 Å². The number of rotatable bonds is 5. The molecule has 1 spiro atoms. The van der Waals surface area contributed by atoms with Crippen molar-refractivity contribution < 1.29 is 63.5 Å². The molecule has 13 nitrogen and oxygen atoms in total. The van der Waals surface area contributed by atoms with Gasteiger partial charge < -0.3 is 54.0 Å². The van der Waals surface area contributed by atoms with E-state index in [0.29, 0.717) is 31.2 Å². The molecule has 7 heterocycles. The minimum atomic E-state index is -2.21. The van der Waals surface area contributed by atoms with Crippen LogP contribution in [-0.4, -0.2) is 109 Å². The number of aliphatic hydroxyl groups excluding tert-OH is 2. The van der Waals surface area contributed by atoms with Gasteiger partial charge in [0.15, 0.2) is 0 Å². The van der Waals surface area contributed by atoms with Crippen molar-refractivity contribution in [2.75, 3.05) is 6.61 Å². The summed E-state index contributed by atoms with van der Waals surface area (Å²) in [6.07, 6.45) is 2.84. The van der Waals surface area contributed by atoms with Crippen molar-refractivity contribution in [2.45, 2.75) is 150 Å². The molecule has 11 aliphatic rings. The molecule has 312 valence electrons. The summed E-state index contributed by atoms with van der Waals surface area (Å²) in [6, 6.07) is 9.06. The lowest BCUT2D eigenvalue weighted by Crippen LogP contribution is -2.89. The molecule has 8 fully saturated rings. The highest BCUT2D eigenvalue weighted by atomic mass is 16.9. The summed E-state index contributed by atoms with van der Waals surface area (Å²) in [6.45, 7) is 8.55. The largest absolute Gasteiger partial charge is 0.458 e. The second-order valence-corrected chi connectivity index (χ2v) is 19.2. The zero-order valence-electron chi connectivity index (χ0n) is 33.4. The third kappa shape index (κ3) is 5.45. The molecule has 11 bridgehead atoms. The predicted octanol–water partition coefficient (Wildman–Crippen LogP) is 3.18. The number of aliphatic hydroxyl groups is 5. The maximum atomic E-state index is 13.7. The third-order valence-electron chi connectivity index (χ3n) is 15.4. The maximum Gasteiger partial charge on any atom is 0.331 e. The van der Waals surface area contributed by atoms with Crippen molar-refractivity contribution in [1.29, 1.82) is 0 Å². The Kier molecular flexibility index (Phi) is 9.33. The van der Waals surface area contributed by atoms with Gasteiger partial charge in [-0.2, -0.15) is 0 Å². The SMILES string of the molecule is CC(C)CC(=O)O[C@@H]1/C=C\C=C/C(=O)O[C@H]2[C@@H](C)C[C@@H]3[C@]2(O)[C@H](O)[C@@]2(CO)O[C@H]2[C@H]2[C@H]4O[C@]5(c6ccccc6)O[C@@H]([C@@H](C)[C@@]23O5)[C@@]4(O)[C@](C)(O)CC2CCC1CC2. The van der Waals surface area contributed by atoms with E-state index < -0.39 is 107 Å². The van der Waals surface area contributed by atoms with Gasteiger partial charge in [0, 0.05) is 35.8 Å². The van der Waals surface area contributed by atoms with Crippen LogP contribution < -0.4 is 0 Å². The smallest absolute Gasteiger partial charge is 0.331 e. The van der Waals surface area contributed by atoms with Gasteiger partial charge in [-0.1, -0.05) is 70.2 Å². The van der Waals surface area contributed by atoms with Crippen LogP contribution in [0.5, 0.6) is 0 Å². The molecule has 4 saturated heterocycles. The van der Waals surface area contributed by atoms with Crippen LogP contribution in [-0.2, 0) is 44.0 Å². The first-order valence-electron chi connectivity index (χ1n) is 21.0. The number of allylic oxidation sites excluding steroid dienone is 2. The van der Waals surface area contributed by atoms with Gasteiger partial charge >= 0.3 is 17.9 Å². The highest BCUT2D eigenvalue weighted by molar-refractivity contribution is 5.82. The van der Waals surface area contributed by atoms with E-state index in [9.17, 15) is 35.1 Å². The van der Waals surface area contributed by atoms with E-state index in [-0.39, 0.29) is 43.0 Å². The molecule has 4 saturated carbocycles. The molecule has 1 aromatic carbocycles. The molecule has 16 atom stereocenters. The van der Waals surface area contributed by atoms with Crippen LogP contribution in [0, 0.1) is 41.4 Å². The van der Waals surface area contributed by atoms with Crippen molar-refractivity contribution in [2.24, 2.45) is 41.4 Å². The van der Waals surface area contributed by atoms with Crippen molar-refractivity contribution in [3.05, 3.63) is 60.2 Å². The molecule has 1 aromatic rings. The number of hydrogen-bond donors (Lipinski definition) is 5. The summed E-state index contributed by atoms with van der Waals surface area (Å²) in [5.41, 5.74) is -8.71. The van der Waals surface area contributed by atoms with Crippen LogP contribution >= 0.6 is 0 Å². The zero-order chi connectivity index (χ0) is 40.5. The first kappa shape index (κ1) is 39.7. The number of fused-ring (bicyclic) bond motifs is 2. The van der Waals surface area contributed by atoms with Gasteiger partial charge in [-0.3, -0.25) is 4.79 Å². The van der Waals surface area contributed by atoms with Crippen molar-refractivity contribution in [3.63, 3.8) is 0 Å². The molecule has 0 radical (unpaired) electrons. The molecule has 0 unspecified atom stereocenters. The average Bonchev–Trinajstić information content (AvgIpc) is 3.86. The van der Waals surface area contributed by atoms with Gasteiger partial charge in [0.2, 0.25) is 0 Å². The Morgan fingerprint density at radius 1 is 0.947 bits per heavy atom. The van der Waals surface area contributed by atoms with E-state index in [1.54, 1.807) is 31.2 Å². The molecular weight excluding hydrogens is 736 g/mol. The monoisotopic (exact) mass is 794 g/mol. The van der Waals surface area contributed by atoms with Gasteiger partial charge in [0.25, 0.3) is 0 Å². The normalized spacial score (nSPS) is 53.3. The highest BCUT2D eigenvalue weighted by Gasteiger charge is 2.91. The van der Waals surface area contributed by atoms with Crippen LogP contribution in [0.4, 0.5) is 0 Å². The number of carbonyl (C=O) groups excluding carboxylic acids is 2. The fourth-order valence-corrected chi connectivity index (χ4v) is 12.8. The van der Waals surface area contributed by atoms with Gasteiger partial charge in [-0.05, 0) is 75.2 Å². The van der Waals surface area contributed by atoms with Crippen LogP contribution in [0.3, 0.4) is 0 Å². The summed E-state index contributed by atoms with van der Waals surface area (Å²) in [4.78, 5) is 26.6. The number of ether oxygens (including phenoxy) is 6. The predicted molar refractivity (Wildman–Crippen MR) is 200 cm³/mol. The summed E-state index contributed by atoms with van der Waals surface area (Å²) in [5, 5.41) is 63.1. The maximum absolute atomic E-state index is 13.7. The molecule has 13 heteroatoms. The lowest BCUT2D eigenvalue weighted by molar-refractivity contribution is -0.595. The summed E-state index contributed by atoms with van der Waals surface area (Å²) in [5.74, 6) is -5.95. The van der Waals surface area contributed by atoms with Gasteiger partial charge in [-0.25, -0.2) is 4.79 Å². The van der Waals surface area contributed by atoms with Crippen LogP contribution in [0.15, 0.2) is 54.6 Å². The topological polar surface area (TPSA) is 194 Å². The Bertz CT molecular complexity index is 1810. The summed E-state index contributed by atoms with van der Waals surface area (Å²) < 4.78 is 39.4. The Hall–Kier alpha value is -2.72. The van der Waals surface area contributed by atoms with E-state index in [0.717, 1.165) is 0 Å². The fourth-order valence-electron chi connectivity index (χ4n) is 12.8. The number of hydrogen-bond acceptors (Lipinski definition) is 13. The van der Waals surface area contributed by atoms with Gasteiger partial charge in [0.05, 0.1) is 17.8 Å². The van der Waals surface area contributed by atoms with E-state index in [4.69, 9.17) is 28.4 Å². The lowest BCUT2D eigenvalue weighted by atomic mass is 9.49. The lowest BCUT2D eigenvalue weighted by Gasteiger charge is -2.74.